The molecule has 0 saturated carbocycles. The normalized spacial score (nSPS) is 13.5. The molecule has 15 heavy (non-hydrogen) atoms. The number of amides is 1. The first-order chi connectivity index (χ1) is 7.18. The minimum absolute atomic E-state index is 0.0573. The number of nitrogen functional groups attached to an aromatic ring is 1. The molecule has 2 rings (SSSR count). The van der Waals surface area contributed by atoms with E-state index in [1.54, 1.807) is 30.1 Å². The van der Waals surface area contributed by atoms with Crippen LogP contribution in [0.25, 0.3) is 0 Å². The van der Waals surface area contributed by atoms with Crippen molar-refractivity contribution in [2.45, 2.75) is 13.8 Å². The number of likely N-dealkylation sites (N-methyl/N-ethyl adjacent to an activating group) is 1. The van der Waals surface area contributed by atoms with Crippen molar-refractivity contribution in [2.75, 3.05) is 24.3 Å². The molecule has 1 aromatic rings. The number of ether oxygens (including phenoxy) is 1. The second-order valence-electron chi connectivity index (χ2n) is 2.97. The van der Waals surface area contributed by atoms with Crippen molar-refractivity contribution in [3.63, 3.8) is 0 Å². The van der Waals surface area contributed by atoms with Crippen LogP contribution in [0.1, 0.15) is 13.8 Å². The lowest BCUT2D eigenvalue weighted by atomic mass is 10.2. The third-order valence-corrected chi connectivity index (χ3v) is 2.07. The molecule has 0 spiro atoms. The smallest absolute Gasteiger partial charge is 0.264 e. The first-order valence-corrected chi connectivity index (χ1v) is 4.97. The lowest BCUT2D eigenvalue weighted by Gasteiger charge is -2.25. The number of hydrogen-bond acceptors (Lipinski definition) is 3. The quantitative estimate of drug-likeness (QED) is 0.659. The van der Waals surface area contributed by atoms with Crippen molar-refractivity contribution < 1.29 is 9.53 Å². The van der Waals surface area contributed by atoms with Gasteiger partial charge in [0.25, 0.3) is 5.91 Å². The molecule has 0 aliphatic carbocycles. The van der Waals surface area contributed by atoms with Gasteiger partial charge in [-0.15, -0.1) is 0 Å². The summed E-state index contributed by atoms with van der Waals surface area (Å²) in [5, 5.41) is 0. The molecule has 0 atom stereocenters. The van der Waals surface area contributed by atoms with E-state index < -0.39 is 0 Å². The van der Waals surface area contributed by atoms with Gasteiger partial charge in [0.15, 0.2) is 6.61 Å². The van der Waals surface area contributed by atoms with Crippen LogP contribution in [0.4, 0.5) is 11.4 Å². The molecular formula is C11H16N2O2. The topological polar surface area (TPSA) is 55.6 Å². The number of nitrogens with zero attached hydrogens (tertiary/aromatic N) is 1. The van der Waals surface area contributed by atoms with Gasteiger partial charge < -0.3 is 15.4 Å². The van der Waals surface area contributed by atoms with E-state index in [-0.39, 0.29) is 12.5 Å². The van der Waals surface area contributed by atoms with Gasteiger partial charge in [0.1, 0.15) is 5.75 Å². The Balaban J connectivity index is 0.000000531. The molecule has 0 saturated heterocycles. The summed E-state index contributed by atoms with van der Waals surface area (Å²) in [4.78, 5) is 12.8. The minimum Gasteiger partial charge on any atom is -0.482 e. The molecule has 0 radical (unpaired) electrons. The van der Waals surface area contributed by atoms with Gasteiger partial charge in [0, 0.05) is 12.7 Å². The van der Waals surface area contributed by atoms with E-state index in [1.165, 1.54) is 0 Å². The first-order valence-electron chi connectivity index (χ1n) is 4.97. The fourth-order valence-electron chi connectivity index (χ4n) is 1.29. The zero-order valence-electron chi connectivity index (χ0n) is 9.28. The van der Waals surface area contributed by atoms with Crippen LogP contribution in [0, 0.1) is 0 Å². The molecule has 0 bridgehead atoms. The van der Waals surface area contributed by atoms with Gasteiger partial charge in [-0.2, -0.15) is 0 Å². The van der Waals surface area contributed by atoms with Crippen LogP contribution >= 0.6 is 0 Å². The maximum Gasteiger partial charge on any atom is 0.264 e. The van der Waals surface area contributed by atoms with Crippen LogP contribution in [0.5, 0.6) is 5.75 Å². The number of anilines is 2. The summed E-state index contributed by atoms with van der Waals surface area (Å²) < 4.78 is 5.21. The molecule has 1 aliphatic heterocycles. The summed E-state index contributed by atoms with van der Waals surface area (Å²) in [5.41, 5.74) is 6.96. The Kier molecular flexibility index (Phi) is 3.55. The van der Waals surface area contributed by atoms with Gasteiger partial charge in [0.05, 0.1) is 5.69 Å². The number of benzene rings is 1. The van der Waals surface area contributed by atoms with E-state index in [1.807, 2.05) is 13.8 Å². The average Bonchev–Trinajstić information content (AvgIpc) is 2.27. The summed E-state index contributed by atoms with van der Waals surface area (Å²) in [6.07, 6.45) is 0. The molecule has 4 nitrogen and oxygen atoms in total. The van der Waals surface area contributed by atoms with Crippen LogP contribution < -0.4 is 15.4 Å². The molecule has 0 fully saturated rings. The largest absolute Gasteiger partial charge is 0.482 e. The second-order valence-corrected chi connectivity index (χ2v) is 2.97. The Bertz CT molecular complexity index is 364. The Labute approximate surface area is 89.6 Å². The number of fused-ring (bicyclic) bond motifs is 1. The third kappa shape index (κ3) is 2.21. The van der Waals surface area contributed by atoms with E-state index in [2.05, 4.69) is 0 Å². The lowest BCUT2D eigenvalue weighted by Crippen LogP contribution is -2.35. The number of hydrogen-bond donors (Lipinski definition) is 1. The highest BCUT2D eigenvalue weighted by molar-refractivity contribution is 5.97. The van der Waals surface area contributed by atoms with Gasteiger partial charge in [-0.05, 0) is 18.2 Å². The van der Waals surface area contributed by atoms with Crippen LogP contribution in [-0.2, 0) is 4.79 Å². The van der Waals surface area contributed by atoms with E-state index in [0.717, 1.165) is 5.69 Å². The van der Waals surface area contributed by atoms with Crippen LogP contribution in [-0.4, -0.2) is 19.6 Å². The minimum atomic E-state index is -0.0573. The van der Waals surface area contributed by atoms with Gasteiger partial charge in [-0.3, -0.25) is 4.79 Å². The van der Waals surface area contributed by atoms with E-state index in [4.69, 9.17) is 10.5 Å². The van der Waals surface area contributed by atoms with E-state index in [0.29, 0.717) is 11.4 Å². The summed E-state index contributed by atoms with van der Waals surface area (Å²) in [6, 6.07) is 5.25. The Morgan fingerprint density at radius 1 is 1.40 bits per heavy atom. The summed E-state index contributed by atoms with van der Waals surface area (Å²) in [5.74, 6) is 0.648. The molecule has 82 valence electrons. The van der Waals surface area contributed by atoms with Crippen LogP contribution in [0.3, 0.4) is 0 Å². The third-order valence-electron chi connectivity index (χ3n) is 2.07. The average molecular weight is 208 g/mol. The maximum atomic E-state index is 11.2. The van der Waals surface area contributed by atoms with Crippen molar-refractivity contribution in [3.8, 4) is 5.75 Å². The Morgan fingerprint density at radius 3 is 2.73 bits per heavy atom. The molecule has 1 heterocycles. The Morgan fingerprint density at radius 2 is 2.07 bits per heavy atom. The lowest BCUT2D eigenvalue weighted by molar-refractivity contribution is -0.120. The van der Waals surface area contributed by atoms with Gasteiger partial charge in [0.2, 0.25) is 0 Å². The molecule has 4 heteroatoms. The number of rotatable bonds is 0. The fourth-order valence-corrected chi connectivity index (χ4v) is 1.29. The van der Waals surface area contributed by atoms with Crippen molar-refractivity contribution in [2.24, 2.45) is 0 Å². The van der Waals surface area contributed by atoms with Crippen molar-refractivity contribution in [1.29, 1.82) is 0 Å². The van der Waals surface area contributed by atoms with Crippen LogP contribution in [0.15, 0.2) is 18.2 Å². The highest BCUT2D eigenvalue weighted by atomic mass is 16.5. The molecule has 1 aliphatic rings. The second kappa shape index (κ2) is 4.68. The molecule has 2 N–H and O–H groups in total. The van der Waals surface area contributed by atoms with Gasteiger partial charge in [-0.1, -0.05) is 13.8 Å². The maximum absolute atomic E-state index is 11.2. The number of carbonyl (C=O) groups is 1. The molecule has 1 aromatic carbocycles. The standard InChI is InChI=1S/C9H10N2O2.C2H6/c1-11-7-4-6(10)2-3-8(7)13-5-9(11)12;1-2/h2-4H,5,10H2,1H3;1-2H3. The SMILES string of the molecule is CC.CN1C(=O)COc2ccc(N)cc21. The summed E-state index contributed by atoms with van der Waals surface area (Å²) in [6.45, 7) is 4.10. The molecule has 0 aromatic heterocycles. The van der Waals surface area contributed by atoms with Crippen molar-refractivity contribution >= 4 is 17.3 Å². The first kappa shape index (κ1) is 11.4. The summed E-state index contributed by atoms with van der Waals surface area (Å²) >= 11 is 0. The molecule has 0 unspecified atom stereocenters. The predicted octanol–water partition coefficient (Wildman–Crippen LogP) is 1.65. The predicted molar refractivity (Wildman–Crippen MR) is 61.1 cm³/mol. The zero-order chi connectivity index (χ0) is 11.4. The van der Waals surface area contributed by atoms with E-state index in [9.17, 15) is 4.79 Å². The zero-order valence-corrected chi connectivity index (χ0v) is 9.28. The number of carbonyl (C=O) groups excluding carboxylic acids is 1. The van der Waals surface area contributed by atoms with Crippen LogP contribution in [0.2, 0.25) is 0 Å². The Hall–Kier alpha value is -1.71. The number of nitrogens with two attached hydrogens (primary N) is 1. The molecule has 1 amide bonds. The van der Waals surface area contributed by atoms with E-state index >= 15 is 0 Å². The summed E-state index contributed by atoms with van der Waals surface area (Å²) in [7, 11) is 1.71. The van der Waals surface area contributed by atoms with Gasteiger partial charge >= 0.3 is 0 Å². The van der Waals surface area contributed by atoms with Crippen molar-refractivity contribution in [3.05, 3.63) is 18.2 Å². The molecular weight excluding hydrogens is 192 g/mol. The van der Waals surface area contributed by atoms with Crippen molar-refractivity contribution in [1.82, 2.24) is 0 Å². The monoisotopic (exact) mass is 208 g/mol. The highest BCUT2D eigenvalue weighted by Crippen LogP contribution is 2.32. The highest BCUT2D eigenvalue weighted by Gasteiger charge is 2.21. The fraction of sp³-hybridized carbons (Fsp3) is 0.364. The van der Waals surface area contributed by atoms with Gasteiger partial charge in [-0.25, -0.2) is 0 Å².